The average molecular weight is 325 g/mol. The van der Waals surface area contributed by atoms with Crippen LogP contribution in [0.1, 0.15) is 30.9 Å². The first kappa shape index (κ1) is 15.7. The van der Waals surface area contributed by atoms with Gasteiger partial charge in [0.25, 0.3) is 0 Å². The van der Waals surface area contributed by atoms with Gasteiger partial charge in [-0.2, -0.15) is 0 Å². The van der Waals surface area contributed by atoms with Gasteiger partial charge in [-0.1, -0.05) is 60.6 Å². The highest BCUT2D eigenvalue weighted by Crippen LogP contribution is 2.41. The SMILES string of the molecule is C=CN1/C(=C\N)CCCC1c1ccccc1-c1ccccc1Cl. The molecule has 23 heavy (non-hydrogen) atoms. The molecule has 3 heteroatoms. The molecule has 1 aliphatic heterocycles. The van der Waals surface area contributed by atoms with Gasteiger partial charge in [-0.15, -0.1) is 0 Å². The Morgan fingerprint density at radius 3 is 2.48 bits per heavy atom. The van der Waals surface area contributed by atoms with Crippen molar-refractivity contribution in [2.45, 2.75) is 25.3 Å². The summed E-state index contributed by atoms with van der Waals surface area (Å²) in [4.78, 5) is 2.19. The molecule has 1 aliphatic rings. The lowest BCUT2D eigenvalue weighted by Crippen LogP contribution is -2.28. The molecule has 2 aromatic carbocycles. The molecule has 1 unspecified atom stereocenters. The molecule has 0 spiro atoms. The van der Waals surface area contributed by atoms with E-state index in [2.05, 4.69) is 41.8 Å². The fourth-order valence-corrected chi connectivity index (χ4v) is 3.61. The molecule has 1 heterocycles. The first-order valence-electron chi connectivity index (χ1n) is 7.91. The minimum absolute atomic E-state index is 0.239. The molecule has 0 radical (unpaired) electrons. The topological polar surface area (TPSA) is 29.3 Å². The zero-order valence-corrected chi connectivity index (χ0v) is 13.8. The molecule has 2 nitrogen and oxygen atoms in total. The third kappa shape index (κ3) is 2.99. The normalized spacial score (nSPS) is 19.8. The first-order chi connectivity index (χ1) is 11.3. The first-order valence-corrected chi connectivity index (χ1v) is 8.29. The monoisotopic (exact) mass is 324 g/mol. The molecule has 118 valence electrons. The van der Waals surface area contributed by atoms with Crippen LogP contribution in [0.25, 0.3) is 11.1 Å². The van der Waals surface area contributed by atoms with Crippen molar-refractivity contribution >= 4 is 11.6 Å². The Hall–Kier alpha value is -2.19. The third-order valence-corrected chi connectivity index (χ3v) is 4.78. The summed E-state index contributed by atoms with van der Waals surface area (Å²) in [5, 5.41) is 0.774. The van der Waals surface area contributed by atoms with Crippen LogP contribution in [0.5, 0.6) is 0 Å². The average Bonchev–Trinajstić information content (AvgIpc) is 2.61. The van der Waals surface area contributed by atoms with E-state index >= 15 is 0 Å². The Morgan fingerprint density at radius 2 is 1.78 bits per heavy atom. The van der Waals surface area contributed by atoms with Gasteiger partial charge in [0.1, 0.15) is 0 Å². The molecule has 0 bridgehead atoms. The van der Waals surface area contributed by atoms with Gasteiger partial charge in [-0.05, 0) is 42.7 Å². The van der Waals surface area contributed by atoms with E-state index in [1.807, 2.05) is 24.4 Å². The number of hydrogen-bond donors (Lipinski definition) is 1. The summed E-state index contributed by atoms with van der Waals surface area (Å²) in [6.07, 6.45) is 6.77. The number of piperidine rings is 1. The maximum absolute atomic E-state index is 6.43. The van der Waals surface area contributed by atoms with Crippen LogP contribution in [0.4, 0.5) is 0 Å². The number of likely N-dealkylation sites (tertiary alicyclic amines) is 1. The molecule has 1 saturated heterocycles. The Labute approximate surface area is 142 Å². The van der Waals surface area contributed by atoms with Gasteiger partial charge in [0.05, 0.1) is 6.04 Å². The van der Waals surface area contributed by atoms with Crippen molar-refractivity contribution in [3.8, 4) is 11.1 Å². The fraction of sp³-hybridized carbons (Fsp3) is 0.200. The molecule has 0 aliphatic carbocycles. The molecule has 2 aromatic rings. The summed E-state index contributed by atoms with van der Waals surface area (Å²) < 4.78 is 0. The summed E-state index contributed by atoms with van der Waals surface area (Å²) in [7, 11) is 0. The van der Waals surface area contributed by atoms with Crippen molar-refractivity contribution in [3.63, 3.8) is 0 Å². The summed E-state index contributed by atoms with van der Waals surface area (Å²) in [5.41, 5.74) is 10.4. The van der Waals surface area contributed by atoms with Gasteiger partial charge in [0.15, 0.2) is 0 Å². The molecule has 1 atom stereocenters. The van der Waals surface area contributed by atoms with Crippen molar-refractivity contribution in [3.05, 3.63) is 83.8 Å². The summed E-state index contributed by atoms with van der Waals surface area (Å²) >= 11 is 6.43. The number of benzene rings is 2. The standard InChI is InChI=1S/C20H21ClN2/c1-2-23-15(14-22)8-7-13-20(23)18-11-4-3-9-16(18)17-10-5-6-12-19(17)21/h2-6,9-12,14,20H,1,7-8,13,22H2/b15-14-. The Balaban J connectivity index is 2.10. The summed E-state index contributed by atoms with van der Waals surface area (Å²) in [6.45, 7) is 3.98. The van der Waals surface area contributed by atoms with Gasteiger partial charge in [0, 0.05) is 22.5 Å². The van der Waals surface area contributed by atoms with Gasteiger partial charge in [-0.25, -0.2) is 0 Å². The highest BCUT2D eigenvalue weighted by atomic mass is 35.5. The maximum Gasteiger partial charge on any atom is 0.0589 e. The lowest BCUT2D eigenvalue weighted by molar-refractivity contribution is 0.272. The van der Waals surface area contributed by atoms with E-state index in [4.69, 9.17) is 17.3 Å². The highest BCUT2D eigenvalue weighted by Gasteiger charge is 2.27. The lowest BCUT2D eigenvalue weighted by Gasteiger charge is -2.38. The molecular weight excluding hydrogens is 304 g/mol. The zero-order chi connectivity index (χ0) is 16.2. The van der Waals surface area contributed by atoms with Gasteiger partial charge >= 0.3 is 0 Å². The van der Waals surface area contributed by atoms with E-state index in [-0.39, 0.29) is 6.04 Å². The molecule has 2 N–H and O–H groups in total. The van der Waals surface area contributed by atoms with Gasteiger partial charge in [-0.3, -0.25) is 0 Å². The number of hydrogen-bond acceptors (Lipinski definition) is 2. The highest BCUT2D eigenvalue weighted by molar-refractivity contribution is 6.33. The Kier molecular flexibility index (Phi) is 4.73. The smallest absolute Gasteiger partial charge is 0.0589 e. The quantitative estimate of drug-likeness (QED) is 0.810. The van der Waals surface area contributed by atoms with E-state index in [1.165, 1.54) is 11.1 Å². The van der Waals surface area contributed by atoms with Crippen molar-refractivity contribution in [2.75, 3.05) is 0 Å². The van der Waals surface area contributed by atoms with Crippen LogP contribution in [0.15, 0.2) is 73.2 Å². The van der Waals surface area contributed by atoms with Crippen molar-refractivity contribution in [2.24, 2.45) is 5.73 Å². The maximum atomic E-state index is 6.43. The molecule has 1 fully saturated rings. The van der Waals surface area contributed by atoms with Crippen LogP contribution in [-0.4, -0.2) is 4.90 Å². The largest absolute Gasteiger partial charge is 0.403 e. The van der Waals surface area contributed by atoms with Gasteiger partial charge < -0.3 is 10.6 Å². The molecule has 0 aromatic heterocycles. The number of nitrogens with zero attached hydrogens (tertiary/aromatic N) is 1. The zero-order valence-electron chi connectivity index (χ0n) is 13.1. The number of halogens is 1. The van der Waals surface area contributed by atoms with Crippen LogP contribution in [-0.2, 0) is 0 Å². The summed E-state index contributed by atoms with van der Waals surface area (Å²) in [6, 6.07) is 16.7. The van der Waals surface area contributed by atoms with Crippen molar-refractivity contribution in [1.29, 1.82) is 0 Å². The summed E-state index contributed by atoms with van der Waals surface area (Å²) in [5.74, 6) is 0. The van der Waals surface area contributed by atoms with Crippen LogP contribution in [0.3, 0.4) is 0 Å². The second-order valence-corrected chi connectivity index (χ2v) is 6.13. The van der Waals surface area contributed by atoms with E-state index in [9.17, 15) is 0 Å². The van der Waals surface area contributed by atoms with Gasteiger partial charge in [0.2, 0.25) is 0 Å². The van der Waals surface area contributed by atoms with Crippen molar-refractivity contribution in [1.82, 2.24) is 4.90 Å². The second-order valence-electron chi connectivity index (χ2n) is 5.72. The molecular formula is C20H21ClN2. The number of nitrogens with two attached hydrogens (primary N) is 1. The third-order valence-electron chi connectivity index (χ3n) is 4.45. The van der Waals surface area contributed by atoms with Crippen LogP contribution < -0.4 is 5.73 Å². The lowest BCUT2D eigenvalue weighted by atomic mass is 9.88. The van der Waals surface area contributed by atoms with E-state index < -0.39 is 0 Å². The van der Waals surface area contributed by atoms with Crippen LogP contribution in [0.2, 0.25) is 5.02 Å². The Morgan fingerprint density at radius 1 is 1.09 bits per heavy atom. The predicted octanol–water partition coefficient (Wildman–Crippen LogP) is 5.48. The molecule has 0 saturated carbocycles. The fourth-order valence-electron chi connectivity index (χ4n) is 3.38. The molecule has 0 amide bonds. The Bertz CT molecular complexity index is 736. The predicted molar refractivity (Wildman–Crippen MR) is 97.8 cm³/mol. The van der Waals surface area contributed by atoms with Crippen molar-refractivity contribution < 1.29 is 0 Å². The van der Waals surface area contributed by atoms with Crippen LogP contribution in [0, 0.1) is 0 Å². The minimum atomic E-state index is 0.239. The molecule has 3 rings (SSSR count). The second kappa shape index (κ2) is 6.93. The number of allylic oxidation sites excluding steroid dienone is 1. The van der Waals surface area contributed by atoms with E-state index in [0.717, 1.165) is 35.5 Å². The van der Waals surface area contributed by atoms with E-state index in [1.54, 1.807) is 6.20 Å². The minimum Gasteiger partial charge on any atom is -0.403 e. The number of rotatable bonds is 3. The van der Waals surface area contributed by atoms with E-state index in [0.29, 0.717) is 0 Å². The van der Waals surface area contributed by atoms with Crippen LogP contribution >= 0.6 is 11.6 Å².